The molecule has 0 fully saturated rings. The van der Waals surface area contributed by atoms with E-state index in [1.807, 2.05) is 18.2 Å². The predicted molar refractivity (Wildman–Crippen MR) is 79.5 cm³/mol. The Morgan fingerprint density at radius 1 is 1.00 bits per heavy atom. The summed E-state index contributed by atoms with van der Waals surface area (Å²) in [5.74, 6) is -0.511. The van der Waals surface area contributed by atoms with Gasteiger partial charge in [-0.15, -0.1) is 0 Å². The smallest absolute Gasteiger partial charge is 0.193 e. The van der Waals surface area contributed by atoms with Gasteiger partial charge >= 0.3 is 0 Å². The maximum atomic E-state index is 13.7. The molecule has 0 heterocycles. The second kappa shape index (κ2) is 5.68. The number of carbonyl (C=O) groups is 1. The lowest BCUT2D eigenvalue weighted by atomic mass is 9.89. The van der Waals surface area contributed by atoms with E-state index in [0.29, 0.717) is 11.1 Å². The van der Waals surface area contributed by atoms with Crippen LogP contribution in [0, 0.1) is 5.82 Å². The Morgan fingerprint density at radius 2 is 1.67 bits per heavy atom. The number of benzene rings is 2. The summed E-state index contributed by atoms with van der Waals surface area (Å²) in [6.45, 7) is 0. The van der Waals surface area contributed by atoms with Crippen LogP contribution in [-0.2, 0) is 12.8 Å². The summed E-state index contributed by atoms with van der Waals surface area (Å²) < 4.78 is 18.6. The molecule has 0 saturated heterocycles. The number of carbonyl (C=O) groups excluding carboxylic acids is 1. The molecule has 2 nitrogen and oxygen atoms in total. The maximum Gasteiger partial charge on any atom is 0.193 e. The maximum absolute atomic E-state index is 13.7. The lowest BCUT2D eigenvalue weighted by Crippen LogP contribution is -2.07. The van der Waals surface area contributed by atoms with E-state index < -0.39 is 5.82 Å². The first-order valence-electron chi connectivity index (χ1n) is 7.19. The highest BCUT2D eigenvalue weighted by molar-refractivity contribution is 6.09. The van der Waals surface area contributed by atoms with E-state index in [1.165, 1.54) is 43.2 Å². The Bertz CT molecular complexity index is 692. The number of aryl methyl sites for hydroxylation is 2. The first-order valence-corrected chi connectivity index (χ1v) is 7.19. The third-order valence-corrected chi connectivity index (χ3v) is 4.02. The minimum atomic E-state index is -0.513. The third-order valence-electron chi connectivity index (χ3n) is 4.02. The standard InChI is InChI=1S/C18H17FO2/c1-21-17-9-8-15(11-16(17)19)18(20)14-7-6-12-4-2-3-5-13(12)10-14/h6-11H,2-5H2,1H3. The molecular weight excluding hydrogens is 267 g/mol. The highest BCUT2D eigenvalue weighted by Crippen LogP contribution is 2.24. The van der Waals surface area contributed by atoms with Crippen molar-refractivity contribution in [2.75, 3.05) is 7.11 Å². The molecule has 0 atom stereocenters. The zero-order valence-electron chi connectivity index (χ0n) is 12.0. The molecule has 2 aromatic carbocycles. The van der Waals surface area contributed by atoms with Gasteiger partial charge in [0.1, 0.15) is 0 Å². The van der Waals surface area contributed by atoms with Gasteiger partial charge in [0.05, 0.1) is 7.11 Å². The van der Waals surface area contributed by atoms with Crippen molar-refractivity contribution in [1.29, 1.82) is 0 Å². The molecule has 0 aromatic heterocycles. The molecule has 0 amide bonds. The van der Waals surface area contributed by atoms with Gasteiger partial charge in [0.25, 0.3) is 0 Å². The van der Waals surface area contributed by atoms with Crippen molar-refractivity contribution in [2.24, 2.45) is 0 Å². The van der Waals surface area contributed by atoms with E-state index in [9.17, 15) is 9.18 Å². The van der Waals surface area contributed by atoms with Crippen LogP contribution in [0.15, 0.2) is 36.4 Å². The van der Waals surface area contributed by atoms with Crippen LogP contribution < -0.4 is 4.74 Å². The summed E-state index contributed by atoms with van der Waals surface area (Å²) in [6, 6.07) is 10.2. The number of ketones is 1. The zero-order chi connectivity index (χ0) is 14.8. The van der Waals surface area contributed by atoms with Crippen molar-refractivity contribution < 1.29 is 13.9 Å². The van der Waals surface area contributed by atoms with Crippen LogP contribution in [-0.4, -0.2) is 12.9 Å². The van der Waals surface area contributed by atoms with Gasteiger partial charge in [0.15, 0.2) is 17.3 Å². The normalized spacial score (nSPS) is 13.6. The lowest BCUT2D eigenvalue weighted by Gasteiger charge is -2.16. The van der Waals surface area contributed by atoms with Crippen LogP contribution in [0.1, 0.15) is 39.9 Å². The minimum absolute atomic E-state index is 0.148. The highest BCUT2D eigenvalue weighted by Gasteiger charge is 2.15. The molecule has 0 aliphatic heterocycles. The molecule has 0 saturated carbocycles. The molecule has 21 heavy (non-hydrogen) atoms. The van der Waals surface area contributed by atoms with E-state index in [4.69, 9.17) is 4.74 Å². The van der Waals surface area contributed by atoms with E-state index >= 15 is 0 Å². The third kappa shape index (κ3) is 2.68. The summed E-state index contributed by atoms with van der Waals surface area (Å²) in [5.41, 5.74) is 3.56. The zero-order valence-corrected chi connectivity index (χ0v) is 12.0. The number of fused-ring (bicyclic) bond motifs is 1. The molecule has 0 N–H and O–H groups in total. The SMILES string of the molecule is COc1ccc(C(=O)c2ccc3c(c2)CCCC3)cc1F. The lowest BCUT2D eigenvalue weighted by molar-refractivity contribution is 0.103. The fourth-order valence-electron chi connectivity index (χ4n) is 2.85. The molecule has 0 bridgehead atoms. The van der Waals surface area contributed by atoms with Crippen molar-refractivity contribution in [3.05, 3.63) is 64.5 Å². The van der Waals surface area contributed by atoms with Crippen molar-refractivity contribution in [3.8, 4) is 5.75 Å². The van der Waals surface area contributed by atoms with Gasteiger partial charge in [-0.25, -0.2) is 4.39 Å². The number of hydrogen-bond donors (Lipinski definition) is 0. The molecule has 0 radical (unpaired) electrons. The van der Waals surface area contributed by atoms with Gasteiger partial charge < -0.3 is 4.74 Å². The largest absolute Gasteiger partial charge is 0.494 e. The van der Waals surface area contributed by atoms with E-state index in [0.717, 1.165) is 12.8 Å². The van der Waals surface area contributed by atoms with Gasteiger partial charge in [-0.05, 0) is 61.1 Å². The van der Waals surface area contributed by atoms with E-state index in [2.05, 4.69) is 0 Å². The van der Waals surface area contributed by atoms with Gasteiger partial charge in [0, 0.05) is 11.1 Å². The average molecular weight is 284 g/mol. The fraction of sp³-hybridized carbons (Fsp3) is 0.278. The first-order chi connectivity index (χ1) is 10.2. The van der Waals surface area contributed by atoms with Crippen molar-refractivity contribution in [2.45, 2.75) is 25.7 Å². The summed E-state index contributed by atoms with van der Waals surface area (Å²) in [4.78, 5) is 12.5. The Hall–Kier alpha value is -2.16. The number of ether oxygens (including phenoxy) is 1. The van der Waals surface area contributed by atoms with Crippen LogP contribution in [0.4, 0.5) is 4.39 Å². The number of methoxy groups -OCH3 is 1. The fourth-order valence-corrected chi connectivity index (χ4v) is 2.85. The summed E-state index contributed by atoms with van der Waals surface area (Å²) >= 11 is 0. The van der Waals surface area contributed by atoms with Crippen LogP contribution in [0.2, 0.25) is 0 Å². The predicted octanol–water partition coefficient (Wildman–Crippen LogP) is 3.94. The van der Waals surface area contributed by atoms with E-state index in [1.54, 1.807) is 6.07 Å². The Balaban J connectivity index is 1.93. The summed E-state index contributed by atoms with van der Waals surface area (Å²) in [5, 5.41) is 0. The quantitative estimate of drug-likeness (QED) is 0.798. The van der Waals surface area contributed by atoms with E-state index in [-0.39, 0.29) is 11.5 Å². The Labute approximate surface area is 123 Å². The summed E-state index contributed by atoms with van der Waals surface area (Å²) in [6.07, 6.45) is 4.49. The molecule has 3 heteroatoms. The topological polar surface area (TPSA) is 26.3 Å². The van der Waals surface area contributed by atoms with Crippen LogP contribution in [0.5, 0.6) is 5.75 Å². The van der Waals surface area contributed by atoms with Crippen molar-refractivity contribution in [3.63, 3.8) is 0 Å². The molecule has 2 aromatic rings. The summed E-state index contributed by atoms with van der Waals surface area (Å²) in [7, 11) is 1.41. The Morgan fingerprint density at radius 3 is 2.38 bits per heavy atom. The first kappa shape index (κ1) is 13.8. The van der Waals surface area contributed by atoms with Gasteiger partial charge in [-0.1, -0.05) is 12.1 Å². The molecule has 1 aliphatic rings. The monoisotopic (exact) mass is 284 g/mol. The Kier molecular flexibility index (Phi) is 3.74. The van der Waals surface area contributed by atoms with Crippen molar-refractivity contribution >= 4 is 5.78 Å². The molecular formula is C18H17FO2. The molecule has 3 rings (SSSR count). The number of halogens is 1. The van der Waals surface area contributed by atoms with Crippen LogP contribution in [0.3, 0.4) is 0 Å². The number of rotatable bonds is 3. The van der Waals surface area contributed by atoms with Crippen LogP contribution >= 0.6 is 0 Å². The van der Waals surface area contributed by atoms with Gasteiger partial charge in [-0.2, -0.15) is 0 Å². The van der Waals surface area contributed by atoms with Gasteiger partial charge in [0.2, 0.25) is 0 Å². The second-order valence-corrected chi connectivity index (χ2v) is 5.37. The minimum Gasteiger partial charge on any atom is -0.494 e. The van der Waals surface area contributed by atoms with Gasteiger partial charge in [-0.3, -0.25) is 4.79 Å². The number of hydrogen-bond acceptors (Lipinski definition) is 2. The molecule has 0 spiro atoms. The molecule has 1 aliphatic carbocycles. The van der Waals surface area contributed by atoms with Crippen LogP contribution in [0.25, 0.3) is 0 Å². The molecule has 108 valence electrons. The molecule has 0 unspecified atom stereocenters. The second-order valence-electron chi connectivity index (χ2n) is 5.37. The van der Waals surface area contributed by atoms with Crippen molar-refractivity contribution in [1.82, 2.24) is 0 Å². The highest BCUT2D eigenvalue weighted by atomic mass is 19.1. The average Bonchev–Trinajstić information content (AvgIpc) is 2.53.